The van der Waals surface area contributed by atoms with Crippen molar-refractivity contribution in [3.8, 4) is 0 Å². The topological polar surface area (TPSA) is 18.5 Å². The van der Waals surface area contributed by atoms with E-state index in [-0.39, 0.29) is 23.7 Å². The van der Waals surface area contributed by atoms with Crippen LogP contribution in [-0.4, -0.2) is 18.8 Å². The Kier molecular flexibility index (Phi) is 5.77. The Balaban J connectivity index is 3.20. The van der Waals surface area contributed by atoms with Gasteiger partial charge in [0.25, 0.3) is 0 Å². The standard InChI is InChI=1S/C3H7O2.C2H3.Ti/c1-4-3-5-2;1-2;/h3H,1-2H3;1H,2H2;. The Morgan fingerprint density at radius 1 is 1.50 bits per heavy atom. The first-order valence-corrected chi connectivity index (χ1v) is 4.08. The van der Waals surface area contributed by atoms with Crippen LogP contribution in [0.25, 0.3) is 0 Å². The minimum absolute atomic E-state index is 0.00694. The van der Waals surface area contributed by atoms with Crippen LogP contribution in [0.3, 0.4) is 0 Å². The molecule has 0 saturated heterocycles. The van der Waals surface area contributed by atoms with Gasteiger partial charge in [-0.2, -0.15) is 0 Å². The quantitative estimate of drug-likeness (QED) is 0.435. The van der Waals surface area contributed by atoms with Gasteiger partial charge in [0.05, 0.1) is 0 Å². The van der Waals surface area contributed by atoms with E-state index in [1.807, 2.05) is 4.38 Å². The molecule has 0 aliphatic heterocycles. The molecule has 3 heteroatoms. The molecule has 0 spiro atoms. The van der Waals surface area contributed by atoms with Crippen molar-refractivity contribution in [1.82, 2.24) is 0 Å². The van der Waals surface area contributed by atoms with Crippen molar-refractivity contribution in [2.75, 3.05) is 14.2 Å². The molecule has 0 aromatic rings. The maximum atomic E-state index is 4.90. The van der Waals surface area contributed by atoms with Gasteiger partial charge in [0.2, 0.25) is 0 Å². The molecule has 0 aliphatic carbocycles. The van der Waals surface area contributed by atoms with Crippen LogP contribution in [0, 0.1) is 0 Å². The van der Waals surface area contributed by atoms with Crippen molar-refractivity contribution in [2.24, 2.45) is 0 Å². The summed E-state index contributed by atoms with van der Waals surface area (Å²) in [6.07, 6.45) is 0. The van der Waals surface area contributed by atoms with Crippen LogP contribution in [0.4, 0.5) is 0 Å². The molecule has 0 fully saturated rings. The van der Waals surface area contributed by atoms with E-state index < -0.39 is 0 Å². The molecule has 2 nitrogen and oxygen atoms in total. The van der Waals surface area contributed by atoms with Gasteiger partial charge >= 0.3 is 58.4 Å². The van der Waals surface area contributed by atoms with E-state index in [1.54, 1.807) is 14.2 Å². The number of hydrogen-bond acceptors (Lipinski definition) is 2. The SMILES string of the molecule is C=[CH][Ti][CH](OC)OC. The number of hydrogen-bond donors (Lipinski definition) is 0. The predicted molar refractivity (Wildman–Crippen MR) is 28.0 cm³/mol. The normalized spacial score (nSPS) is 9.38. The van der Waals surface area contributed by atoms with Crippen molar-refractivity contribution < 1.29 is 28.6 Å². The average Bonchev–Trinajstić information content (AvgIpc) is 1.83. The summed E-state index contributed by atoms with van der Waals surface area (Å²) in [5.74, 6) is 0. The zero-order valence-corrected chi connectivity index (χ0v) is 6.74. The molecule has 0 aliphatic rings. The van der Waals surface area contributed by atoms with Crippen molar-refractivity contribution in [2.45, 2.75) is 4.59 Å². The third-order valence-electron chi connectivity index (χ3n) is 0.682. The first-order valence-electron chi connectivity index (χ1n) is 2.27. The first kappa shape index (κ1) is 8.37. The van der Waals surface area contributed by atoms with Crippen LogP contribution in [0.1, 0.15) is 0 Å². The van der Waals surface area contributed by atoms with E-state index >= 15 is 0 Å². The monoisotopic (exact) mass is 150 g/mol. The summed E-state index contributed by atoms with van der Waals surface area (Å²) < 4.78 is 11.7. The van der Waals surface area contributed by atoms with Gasteiger partial charge < -0.3 is 0 Å². The molecule has 0 heterocycles. The molecule has 0 amide bonds. The van der Waals surface area contributed by atoms with E-state index in [9.17, 15) is 0 Å². The summed E-state index contributed by atoms with van der Waals surface area (Å²) in [7, 11) is 3.28. The molecule has 0 radical (unpaired) electrons. The fraction of sp³-hybridized carbons (Fsp3) is 0.600. The van der Waals surface area contributed by atoms with Crippen molar-refractivity contribution in [3.63, 3.8) is 0 Å². The fourth-order valence-electron chi connectivity index (χ4n) is 0.329. The molecule has 0 N–H and O–H groups in total. The molecular formula is C5H10O2Ti. The molecule has 0 unspecified atom stereocenters. The molecule has 0 bridgehead atoms. The van der Waals surface area contributed by atoms with Crippen LogP contribution in [0.2, 0.25) is 0 Å². The summed E-state index contributed by atoms with van der Waals surface area (Å²) >= 11 is -0.236. The molecule has 0 atom stereocenters. The minimum atomic E-state index is -0.236. The van der Waals surface area contributed by atoms with Gasteiger partial charge in [-0.3, -0.25) is 0 Å². The van der Waals surface area contributed by atoms with Gasteiger partial charge in [0, 0.05) is 0 Å². The fourth-order valence-corrected chi connectivity index (χ4v) is 1.05. The number of methoxy groups -OCH3 is 2. The molecule has 8 heavy (non-hydrogen) atoms. The van der Waals surface area contributed by atoms with Gasteiger partial charge in [-0.1, -0.05) is 0 Å². The molecule has 0 aromatic carbocycles. The second kappa shape index (κ2) is 5.51. The van der Waals surface area contributed by atoms with E-state index in [2.05, 4.69) is 6.58 Å². The predicted octanol–water partition coefficient (Wildman–Crippen LogP) is 0.789. The second-order valence-corrected chi connectivity index (χ2v) is 3.07. The summed E-state index contributed by atoms with van der Waals surface area (Å²) in [5.41, 5.74) is 0. The van der Waals surface area contributed by atoms with Gasteiger partial charge in [0.1, 0.15) is 0 Å². The van der Waals surface area contributed by atoms with Gasteiger partial charge in [0.15, 0.2) is 0 Å². The van der Waals surface area contributed by atoms with Crippen LogP contribution in [0.5, 0.6) is 0 Å². The molecular weight excluding hydrogens is 140 g/mol. The van der Waals surface area contributed by atoms with Crippen LogP contribution in [-0.2, 0) is 28.6 Å². The van der Waals surface area contributed by atoms with E-state index in [1.165, 1.54) is 0 Å². The van der Waals surface area contributed by atoms with Crippen molar-refractivity contribution in [3.05, 3.63) is 11.0 Å². The Morgan fingerprint density at radius 3 is 2.12 bits per heavy atom. The summed E-state index contributed by atoms with van der Waals surface area (Å²) in [6, 6.07) is 0. The van der Waals surface area contributed by atoms with Gasteiger partial charge in [-0.25, -0.2) is 0 Å². The van der Waals surface area contributed by atoms with Crippen molar-refractivity contribution >= 4 is 0 Å². The Hall–Kier alpha value is 0.374. The Morgan fingerprint density at radius 2 is 2.00 bits per heavy atom. The Bertz CT molecular complexity index is 61.4. The maximum absolute atomic E-state index is 4.90. The van der Waals surface area contributed by atoms with Crippen molar-refractivity contribution in [1.29, 1.82) is 0 Å². The van der Waals surface area contributed by atoms with E-state index in [4.69, 9.17) is 9.47 Å². The van der Waals surface area contributed by atoms with Crippen LogP contribution < -0.4 is 0 Å². The zero-order chi connectivity index (χ0) is 6.41. The molecule has 46 valence electrons. The average molecular weight is 150 g/mol. The van der Waals surface area contributed by atoms with E-state index in [0.717, 1.165) is 0 Å². The molecule has 0 aromatic heterocycles. The zero-order valence-electron chi connectivity index (χ0n) is 5.18. The summed E-state index contributed by atoms with van der Waals surface area (Å²) in [5, 5.41) is 0. The summed E-state index contributed by atoms with van der Waals surface area (Å²) in [4.78, 5) is 0. The van der Waals surface area contributed by atoms with E-state index in [0.29, 0.717) is 0 Å². The van der Waals surface area contributed by atoms with Gasteiger partial charge in [-0.05, 0) is 0 Å². The van der Waals surface area contributed by atoms with Crippen LogP contribution in [0.15, 0.2) is 11.0 Å². The summed E-state index contributed by atoms with van der Waals surface area (Å²) in [6.45, 7) is 3.59. The number of ether oxygens (including phenoxy) is 2. The van der Waals surface area contributed by atoms with Gasteiger partial charge in [-0.15, -0.1) is 0 Å². The molecule has 0 rings (SSSR count). The molecule has 0 saturated carbocycles. The third kappa shape index (κ3) is 3.39. The number of rotatable bonds is 4. The second-order valence-electron chi connectivity index (χ2n) is 1.17. The third-order valence-corrected chi connectivity index (χ3v) is 2.21. The first-order chi connectivity index (χ1) is 3.85. The van der Waals surface area contributed by atoms with Crippen LogP contribution >= 0.6 is 0 Å². The Labute approximate surface area is 58.8 Å².